The number of hydrogen-bond acceptors (Lipinski definition) is 5. The monoisotopic (exact) mass is 481 g/mol. The summed E-state index contributed by atoms with van der Waals surface area (Å²) >= 11 is 0. The van der Waals surface area contributed by atoms with Crippen LogP contribution in [0.5, 0.6) is 5.75 Å². The number of ether oxygens (including phenoxy) is 2. The number of nitrogens with zero attached hydrogens (tertiary/aromatic N) is 1. The maximum Gasteiger partial charge on any atom is 0.337 e. The summed E-state index contributed by atoms with van der Waals surface area (Å²) in [4.78, 5) is 26.1. The summed E-state index contributed by atoms with van der Waals surface area (Å²) in [7, 11) is 1.36. The van der Waals surface area contributed by atoms with E-state index in [-0.39, 0.29) is 0 Å². The summed E-state index contributed by atoms with van der Waals surface area (Å²) in [5.74, 6) is -0.405. The van der Waals surface area contributed by atoms with E-state index in [1.807, 2.05) is 0 Å². The van der Waals surface area contributed by atoms with Crippen LogP contribution >= 0.6 is 0 Å². The topological polar surface area (TPSA) is 55.8 Å². The smallest absolute Gasteiger partial charge is 0.337 e. The minimum atomic E-state index is -0.428. The Balaban J connectivity index is 3.30. The molecule has 0 bridgehead atoms. The van der Waals surface area contributed by atoms with Crippen molar-refractivity contribution in [1.82, 2.24) is 0 Å². The predicted octanol–water partition coefficient (Wildman–Crippen LogP) is 7.59. The van der Waals surface area contributed by atoms with Gasteiger partial charge in [0.05, 0.1) is 18.4 Å². The van der Waals surface area contributed by atoms with Crippen LogP contribution in [0.2, 0.25) is 0 Å². The van der Waals surface area contributed by atoms with Crippen LogP contribution in [0.4, 0.5) is 5.69 Å². The Bertz CT molecular complexity index is 934. The van der Waals surface area contributed by atoms with Gasteiger partial charge >= 0.3 is 11.9 Å². The molecule has 0 spiro atoms. The van der Waals surface area contributed by atoms with Gasteiger partial charge in [0.1, 0.15) is 0 Å². The fraction of sp³-hybridized carbons (Fsp3) is 0.467. The Labute approximate surface area is 212 Å². The van der Waals surface area contributed by atoms with Crippen molar-refractivity contribution < 1.29 is 19.1 Å². The van der Waals surface area contributed by atoms with Gasteiger partial charge in [-0.3, -0.25) is 4.79 Å². The van der Waals surface area contributed by atoms with Gasteiger partial charge in [-0.25, -0.2) is 4.79 Å². The van der Waals surface area contributed by atoms with Crippen LogP contribution in [0.15, 0.2) is 64.8 Å². The third-order valence-corrected chi connectivity index (χ3v) is 5.48. The van der Waals surface area contributed by atoms with Crippen LogP contribution in [-0.2, 0) is 9.53 Å². The van der Waals surface area contributed by atoms with Crippen LogP contribution in [0.1, 0.15) is 84.5 Å². The molecule has 0 fully saturated rings. The number of carbonyl (C=O) groups excluding carboxylic acids is 2. The summed E-state index contributed by atoms with van der Waals surface area (Å²) in [6, 6.07) is 5.02. The molecule has 0 aromatic heterocycles. The van der Waals surface area contributed by atoms with Gasteiger partial charge in [-0.15, -0.1) is 0 Å². The van der Waals surface area contributed by atoms with Crippen molar-refractivity contribution >= 4 is 17.6 Å². The van der Waals surface area contributed by atoms with Crippen molar-refractivity contribution in [2.24, 2.45) is 0 Å². The summed E-state index contributed by atoms with van der Waals surface area (Å²) in [6.07, 6.45) is 12.9. The molecule has 5 heteroatoms. The van der Waals surface area contributed by atoms with Gasteiger partial charge in [-0.1, -0.05) is 46.6 Å². The molecule has 0 saturated carbocycles. The lowest BCUT2D eigenvalue weighted by atomic mass is 10.1. The molecule has 1 aromatic rings. The lowest BCUT2D eigenvalue weighted by Gasteiger charge is -2.25. The quantitative estimate of drug-likeness (QED) is 0.165. The van der Waals surface area contributed by atoms with E-state index in [2.05, 4.69) is 70.7 Å². The third kappa shape index (κ3) is 12.3. The zero-order valence-electron chi connectivity index (χ0n) is 22.9. The summed E-state index contributed by atoms with van der Waals surface area (Å²) in [5, 5.41) is 0. The lowest BCUT2D eigenvalue weighted by Crippen LogP contribution is -2.25. The first-order chi connectivity index (χ1) is 16.5. The van der Waals surface area contributed by atoms with Gasteiger partial charge in [0.15, 0.2) is 5.75 Å². The molecular weight excluding hydrogens is 438 g/mol. The van der Waals surface area contributed by atoms with Gasteiger partial charge in [0.25, 0.3) is 0 Å². The molecule has 1 aromatic carbocycles. The van der Waals surface area contributed by atoms with Gasteiger partial charge in [0.2, 0.25) is 0 Å². The molecule has 0 heterocycles. The van der Waals surface area contributed by atoms with E-state index in [4.69, 9.17) is 9.47 Å². The number of methoxy groups -OCH3 is 1. The first-order valence-corrected chi connectivity index (χ1v) is 12.3. The van der Waals surface area contributed by atoms with Crippen LogP contribution < -0.4 is 9.64 Å². The second-order valence-corrected chi connectivity index (χ2v) is 9.41. The van der Waals surface area contributed by atoms with Gasteiger partial charge < -0.3 is 14.4 Å². The number of anilines is 1. The standard InChI is InChI=1S/C30H43NO4/c1-22(2)11-9-13-24(5)17-19-31(20-18-25(6)14-10-12-23(3)4)28-21-27(30(33)34-8)15-16-29(28)35-26(7)32/h11-12,15-18,21H,9-10,13-14,19-20H2,1-8H3. The third-order valence-electron chi connectivity index (χ3n) is 5.48. The van der Waals surface area contributed by atoms with E-state index in [0.29, 0.717) is 30.1 Å². The Kier molecular flexibility index (Phi) is 13.5. The van der Waals surface area contributed by atoms with E-state index in [1.165, 1.54) is 36.3 Å². The first-order valence-electron chi connectivity index (χ1n) is 12.3. The molecule has 0 atom stereocenters. The number of allylic oxidation sites excluding steroid dienone is 6. The maximum atomic E-state index is 12.2. The fourth-order valence-electron chi connectivity index (χ4n) is 3.43. The molecule has 1 rings (SSSR count). The van der Waals surface area contributed by atoms with E-state index in [0.717, 1.165) is 25.7 Å². The van der Waals surface area contributed by atoms with E-state index < -0.39 is 11.9 Å². The van der Waals surface area contributed by atoms with Gasteiger partial charge in [0, 0.05) is 20.0 Å². The zero-order valence-corrected chi connectivity index (χ0v) is 22.9. The second-order valence-electron chi connectivity index (χ2n) is 9.41. The average Bonchev–Trinajstić information content (AvgIpc) is 2.78. The van der Waals surface area contributed by atoms with E-state index >= 15 is 0 Å². The molecule has 0 aliphatic heterocycles. The molecule has 0 saturated heterocycles. The highest BCUT2D eigenvalue weighted by Gasteiger charge is 2.17. The minimum absolute atomic E-state index is 0.404. The fourth-order valence-corrected chi connectivity index (χ4v) is 3.43. The highest BCUT2D eigenvalue weighted by molar-refractivity contribution is 5.91. The predicted molar refractivity (Wildman–Crippen MR) is 146 cm³/mol. The molecule has 0 unspecified atom stereocenters. The van der Waals surface area contributed by atoms with Crippen LogP contribution in [0.3, 0.4) is 0 Å². The molecule has 5 nitrogen and oxygen atoms in total. The molecule has 0 aliphatic rings. The molecule has 0 radical (unpaired) electrons. The Morgan fingerprint density at radius 3 is 1.74 bits per heavy atom. The lowest BCUT2D eigenvalue weighted by molar-refractivity contribution is -0.131. The Morgan fingerprint density at radius 1 is 0.800 bits per heavy atom. The molecular formula is C30H43NO4. The highest BCUT2D eigenvalue weighted by atomic mass is 16.5. The summed E-state index contributed by atoms with van der Waals surface area (Å²) in [5.41, 5.74) is 6.31. The number of esters is 2. The zero-order chi connectivity index (χ0) is 26.4. The van der Waals surface area contributed by atoms with E-state index in [1.54, 1.807) is 18.2 Å². The van der Waals surface area contributed by atoms with Gasteiger partial charge in [-0.05, 0) is 85.4 Å². The number of rotatable bonds is 13. The average molecular weight is 482 g/mol. The molecule has 0 amide bonds. The molecule has 0 N–H and O–H groups in total. The van der Waals surface area contributed by atoms with Crippen molar-refractivity contribution in [2.75, 3.05) is 25.1 Å². The largest absolute Gasteiger partial charge is 0.465 e. The highest BCUT2D eigenvalue weighted by Crippen LogP contribution is 2.31. The molecule has 35 heavy (non-hydrogen) atoms. The number of carbonyl (C=O) groups is 2. The van der Waals surface area contributed by atoms with Crippen LogP contribution in [0.25, 0.3) is 0 Å². The Morgan fingerprint density at radius 2 is 1.31 bits per heavy atom. The maximum absolute atomic E-state index is 12.2. The van der Waals surface area contributed by atoms with Crippen molar-refractivity contribution in [3.8, 4) is 5.75 Å². The first kappa shape index (κ1) is 30.0. The van der Waals surface area contributed by atoms with Crippen LogP contribution in [-0.4, -0.2) is 32.1 Å². The van der Waals surface area contributed by atoms with Crippen molar-refractivity contribution in [1.29, 1.82) is 0 Å². The molecule has 192 valence electrons. The Hall–Kier alpha value is -3.08. The van der Waals surface area contributed by atoms with Crippen molar-refractivity contribution in [3.05, 3.63) is 70.4 Å². The number of hydrogen-bond donors (Lipinski definition) is 0. The normalized spacial score (nSPS) is 11.5. The summed E-state index contributed by atoms with van der Waals surface area (Å²) in [6.45, 7) is 15.3. The minimum Gasteiger partial charge on any atom is -0.465 e. The summed E-state index contributed by atoms with van der Waals surface area (Å²) < 4.78 is 10.4. The van der Waals surface area contributed by atoms with E-state index in [9.17, 15) is 9.59 Å². The van der Waals surface area contributed by atoms with Gasteiger partial charge in [-0.2, -0.15) is 0 Å². The second kappa shape index (κ2) is 15.8. The molecule has 0 aliphatic carbocycles. The number of benzene rings is 1. The van der Waals surface area contributed by atoms with Crippen molar-refractivity contribution in [3.63, 3.8) is 0 Å². The SMILES string of the molecule is COC(=O)c1ccc(OC(C)=O)c(N(CC=C(C)CCC=C(C)C)CC=C(C)CCC=C(C)C)c1. The van der Waals surface area contributed by atoms with Crippen molar-refractivity contribution in [2.45, 2.75) is 74.1 Å². The van der Waals surface area contributed by atoms with Crippen LogP contribution in [0, 0.1) is 0 Å².